The second-order valence-corrected chi connectivity index (χ2v) is 8.60. The number of nitro benzene ring substituents is 1. The number of hydrogen-bond acceptors (Lipinski definition) is 7. The van der Waals surface area contributed by atoms with E-state index in [0.717, 1.165) is 22.3 Å². The quantitative estimate of drug-likeness (QED) is 0.325. The van der Waals surface area contributed by atoms with Gasteiger partial charge in [-0.1, -0.05) is 6.07 Å². The molecular weight excluding hydrogens is 414 g/mol. The van der Waals surface area contributed by atoms with E-state index < -0.39 is 20.6 Å². The Bertz CT molecular complexity index is 1100. The standard InChI is InChI=1S/C19H17N3O5S2/c1-27-19-9-8-17(11-18(19)22(23)24)29(25,26)21-15-4-6-16(7-5-15)28-13-14-3-2-10-20-12-14/h2-12,21H,13H2,1H3. The summed E-state index contributed by atoms with van der Waals surface area (Å²) in [6.07, 6.45) is 3.51. The van der Waals surface area contributed by atoms with Crippen LogP contribution in [-0.4, -0.2) is 25.4 Å². The summed E-state index contributed by atoms with van der Waals surface area (Å²) in [5.74, 6) is 0.734. The normalized spacial score (nSPS) is 11.1. The number of ether oxygens (including phenoxy) is 1. The van der Waals surface area contributed by atoms with Gasteiger partial charge in [-0.05, 0) is 48.0 Å². The molecule has 3 aromatic rings. The Kier molecular flexibility index (Phi) is 6.35. The zero-order chi connectivity index (χ0) is 20.9. The van der Waals surface area contributed by atoms with E-state index in [4.69, 9.17) is 4.74 Å². The fourth-order valence-corrected chi connectivity index (χ4v) is 4.37. The Labute approximate surface area is 172 Å². The first-order chi connectivity index (χ1) is 13.9. The number of anilines is 1. The highest BCUT2D eigenvalue weighted by Gasteiger charge is 2.22. The molecule has 0 amide bonds. The van der Waals surface area contributed by atoms with Crippen LogP contribution in [0.25, 0.3) is 0 Å². The number of nitro groups is 1. The van der Waals surface area contributed by atoms with Crippen LogP contribution in [0.2, 0.25) is 0 Å². The third kappa shape index (κ3) is 5.24. The van der Waals surface area contributed by atoms with E-state index in [9.17, 15) is 18.5 Å². The lowest BCUT2D eigenvalue weighted by molar-refractivity contribution is -0.386. The van der Waals surface area contributed by atoms with Gasteiger partial charge in [0.1, 0.15) is 0 Å². The number of rotatable bonds is 8. The summed E-state index contributed by atoms with van der Waals surface area (Å²) in [6, 6.07) is 14.2. The number of nitrogens with zero attached hydrogens (tertiary/aromatic N) is 2. The van der Waals surface area contributed by atoms with E-state index in [-0.39, 0.29) is 10.6 Å². The lowest BCUT2D eigenvalue weighted by Gasteiger charge is -2.10. The molecule has 0 aliphatic rings. The summed E-state index contributed by atoms with van der Waals surface area (Å²) < 4.78 is 32.5. The molecule has 0 saturated carbocycles. The molecular formula is C19H17N3O5S2. The first kappa shape index (κ1) is 20.6. The summed E-state index contributed by atoms with van der Waals surface area (Å²) >= 11 is 1.60. The molecule has 1 heterocycles. The number of hydrogen-bond donors (Lipinski definition) is 1. The van der Waals surface area contributed by atoms with Crippen molar-refractivity contribution in [3.63, 3.8) is 0 Å². The van der Waals surface area contributed by atoms with Crippen molar-refractivity contribution in [2.24, 2.45) is 0 Å². The van der Waals surface area contributed by atoms with E-state index in [2.05, 4.69) is 9.71 Å². The van der Waals surface area contributed by atoms with Gasteiger partial charge in [-0.3, -0.25) is 19.8 Å². The Morgan fingerprint density at radius 2 is 1.93 bits per heavy atom. The highest BCUT2D eigenvalue weighted by atomic mass is 32.2. The van der Waals surface area contributed by atoms with Crippen LogP contribution in [0.5, 0.6) is 5.75 Å². The SMILES string of the molecule is COc1ccc(S(=O)(=O)Nc2ccc(SCc3cccnc3)cc2)cc1[N+](=O)[O-]. The molecule has 0 atom stereocenters. The third-order valence-electron chi connectivity index (χ3n) is 3.89. The molecule has 0 aliphatic heterocycles. The predicted octanol–water partition coefficient (Wildman–Crippen LogP) is 4.09. The number of nitrogens with one attached hydrogen (secondary N) is 1. The Morgan fingerprint density at radius 3 is 2.55 bits per heavy atom. The minimum absolute atomic E-state index is 0.0102. The van der Waals surface area contributed by atoms with Crippen LogP contribution in [0.15, 0.2) is 76.8 Å². The smallest absolute Gasteiger partial charge is 0.312 e. The summed E-state index contributed by atoms with van der Waals surface area (Å²) in [6.45, 7) is 0. The second kappa shape index (κ2) is 8.93. The molecule has 8 nitrogen and oxygen atoms in total. The lowest BCUT2D eigenvalue weighted by Crippen LogP contribution is -2.13. The van der Waals surface area contributed by atoms with Gasteiger partial charge in [-0.2, -0.15) is 0 Å². The molecule has 0 bridgehead atoms. The number of methoxy groups -OCH3 is 1. The Balaban J connectivity index is 1.72. The molecule has 0 spiro atoms. The number of sulfonamides is 1. The number of thioether (sulfide) groups is 1. The molecule has 0 saturated heterocycles. The molecule has 0 fully saturated rings. The van der Waals surface area contributed by atoms with Gasteiger partial charge in [0.15, 0.2) is 5.75 Å². The maximum Gasteiger partial charge on any atom is 0.312 e. The highest BCUT2D eigenvalue weighted by molar-refractivity contribution is 7.98. The molecule has 0 radical (unpaired) electrons. The minimum atomic E-state index is -3.99. The van der Waals surface area contributed by atoms with Crippen LogP contribution >= 0.6 is 11.8 Å². The predicted molar refractivity (Wildman–Crippen MR) is 111 cm³/mol. The van der Waals surface area contributed by atoms with Crippen molar-refractivity contribution in [2.45, 2.75) is 15.5 Å². The zero-order valence-corrected chi connectivity index (χ0v) is 16.9. The highest BCUT2D eigenvalue weighted by Crippen LogP contribution is 2.30. The summed E-state index contributed by atoms with van der Waals surface area (Å²) in [5.41, 5.74) is 1.02. The minimum Gasteiger partial charge on any atom is -0.490 e. The van der Waals surface area contributed by atoms with Crippen LogP contribution in [0.1, 0.15) is 5.56 Å². The van der Waals surface area contributed by atoms with E-state index in [0.29, 0.717) is 5.69 Å². The summed E-state index contributed by atoms with van der Waals surface area (Å²) in [4.78, 5) is 15.3. The largest absolute Gasteiger partial charge is 0.490 e. The summed E-state index contributed by atoms with van der Waals surface area (Å²) in [5, 5.41) is 11.1. The fraction of sp³-hybridized carbons (Fsp3) is 0.105. The topological polar surface area (TPSA) is 111 Å². The molecule has 3 rings (SSSR count). The number of pyridine rings is 1. The molecule has 1 aromatic heterocycles. The lowest BCUT2D eigenvalue weighted by atomic mass is 10.3. The van der Waals surface area contributed by atoms with Gasteiger partial charge in [0.05, 0.1) is 16.9 Å². The Morgan fingerprint density at radius 1 is 1.17 bits per heavy atom. The van der Waals surface area contributed by atoms with Crippen molar-refractivity contribution < 1.29 is 18.1 Å². The average molecular weight is 431 g/mol. The molecule has 10 heteroatoms. The third-order valence-corrected chi connectivity index (χ3v) is 6.35. The van der Waals surface area contributed by atoms with Crippen molar-refractivity contribution in [3.8, 4) is 5.75 Å². The van der Waals surface area contributed by atoms with Crippen LogP contribution < -0.4 is 9.46 Å². The van der Waals surface area contributed by atoms with Crippen molar-refractivity contribution in [1.29, 1.82) is 0 Å². The van der Waals surface area contributed by atoms with E-state index in [1.807, 2.05) is 12.1 Å². The van der Waals surface area contributed by atoms with Crippen LogP contribution in [-0.2, 0) is 15.8 Å². The number of benzene rings is 2. The Hall–Kier alpha value is -3.11. The maximum absolute atomic E-state index is 12.6. The molecule has 29 heavy (non-hydrogen) atoms. The molecule has 150 valence electrons. The first-order valence-electron chi connectivity index (χ1n) is 8.36. The van der Waals surface area contributed by atoms with Gasteiger partial charge in [0.2, 0.25) is 0 Å². The molecule has 2 aromatic carbocycles. The zero-order valence-electron chi connectivity index (χ0n) is 15.3. The second-order valence-electron chi connectivity index (χ2n) is 5.87. The molecule has 0 unspecified atom stereocenters. The van der Waals surface area contributed by atoms with Crippen molar-refractivity contribution >= 4 is 33.2 Å². The van der Waals surface area contributed by atoms with E-state index in [1.54, 1.807) is 48.4 Å². The van der Waals surface area contributed by atoms with Crippen LogP contribution in [0.4, 0.5) is 11.4 Å². The van der Waals surface area contributed by atoms with Gasteiger partial charge in [0.25, 0.3) is 10.0 Å². The van der Waals surface area contributed by atoms with Crippen molar-refractivity contribution in [2.75, 3.05) is 11.8 Å². The van der Waals surface area contributed by atoms with Gasteiger partial charge in [-0.25, -0.2) is 8.42 Å². The monoisotopic (exact) mass is 431 g/mol. The van der Waals surface area contributed by atoms with Gasteiger partial charge >= 0.3 is 5.69 Å². The maximum atomic E-state index is 12.6. The van der Waals surface area contributed by atoms with Gasteiger partial charge < -0.3 is 4.74 Å². The van der Waals surface area contributed by atoms with Crippen LogP contribution in [0.3, 0.4) is 0 Å². The summed E-state index contributed by atoms with van der Waals surface area (Å²) in [7, 11) is -2.71. The average Bonchev–Trinajstić information content (AvgIpc) is 2.73. The van der Waals surface area contributed by atoms with Crippen molar-refractivity contribution in [1.82, 2.24) is 4.98 Å². The first-order valence-corrected chi connectivity index (χ1v) is 10.8. The molecule has 0 aliphatic carbocycles. The fourth-order valence-electron chi connectivity index (χ4n) is 2.46. The van der Waals surface area contributed by atoms with E-state index >= 15 is 0 Å². The van der Waals surface area contributed by atoms with Gasteiger partial charge in [-0.15, -0.1) is 11.8 Å². The molecule has 1 N–H and O–H groups in total. The van der Waals surface area contributed by atoms with Crippen molar-refractivity contribution in [3.05, 3.63) is 82.7 Å². The van der Waals surface area contributed by atoms with Crippen LogP contribution in [0, 0.1) is 10.1 Å². The van der Waals surface area contributed by atoms with Gasteiger partial charge in [0, 0.05) is 34.8 Å². The van der Waals surface area contributed by atoms with E-state index in [1.165, 1.54) is 19.2 Å². The number of aromatic nitrogens is 1.